The molecule has 0 bridgehead atoms. The normalized spacial score (nSPS) is 10.1. The van der Waals surface area contributed by atoms with E-state index in [0.29, 0.717) is 0 Å². The van der Waals surface area contributed by atoms with E-state index >= 15 is 0 Å². The fraction of sp³-hybridized carbons (Fsp3) is 0.111. The van der Waals surface area contributed by atoms with Gasteiger partial charge in [0, 0.05) is 11.4 Å². The van der Waals surface area contributed by atoms with Gasteiger partial charge in [-0.25, -0.2) is 9.97 Å². The van der Waals surface area contributed by atoms with Crippen molar-refractivity contribution in [1.29, 1.82) is 0 Å². The molecule has 0 unspecified atom stereocenters. The van der Waals surface area contributed by atoms with Gasteiger partial charge in [-0.1, -0.05) is 0 Å². The molecule has 5 heteroatoms. The molecule has 14 heavy (non-hydrogen) atoms. The SMILES string of the molecule is Brc1ccc(CNc2cncnc2)s1. The highest BCUT2D eigenvalue weighted by molar-refractivity contribution is 9.11. The van der Waals surface area contributed by atoms with Crippen molar-refractivity contribution in [2.45, 2.75) is 6.54 Å². The molecule has 0 radical (unpaired) electrons. The molecule has 0 atom stereocenters. The number of aromatic nitrogens is 2. The third kappa shape index (κ3) is 2.52. The average Bonchev–Trinajstić information content (AvgIpc) is 2.63. The second-order valence-electron chi connectivity index (χ2n) is 2.69. The van der Waals surface area contributed by atoms with Crippen LogP contribution in [0.2, 0.25) is 0 Å². The summed E-state index contributed by atoms with van der Waals surface area (Å²) in [5.74, 6) is 0. The molecule has 0 fully saturated rings. The van der Waals surface area contributed by atoms with Crippen molar-refractivity contribution < 1.29 is 0 Å². The molecule has 0 spiro atoms. The van der Waals surface area contributed by atoms with Gasteiger partial charge in [-0.2, -0.15) is 0 Å². The third-order valence-corrected chi connectivity index (χ3v) is 3.28. The molecule has 2 rings (SSSR count). The van der Waals surface area contributed by atoms with E-state index in [1.807, 2.05) is 6.07 Å². The van der Waals surface area contributed by atoms with Gasteiger partial charge in [0.05, 0.1) is 21.9 Å². The minimum atomic E-state index is 0.809. The molecule has 2 aromatic heterocycles. The Kier molecular flexibility index (Phi) is 3.10. The zero-order chi connectivity index (χ0) is 9.80. The van der Waals surface area contributed by atoms with Gasteiger partial charge in [-0.15, -0.1) is 11.3 Å². The van der Waals surface area contributed by atoms with Crippen LogP contribution in [0.1, 0.15) is 4.88 Å². The molecule has 2 aromatic rings. The highest BCUT2D eigenvalue weighted by Crippen LogP contribution is 2.22. The molecule has 0 saturated carbocycles. The van der Waals surface area contributed by atoms with Gasteiger partial charge in [-0.3, -0.25) is 0 Å². The van der Waals surface area contributed by atoms with E-state index in [9.17, 15) is 0 Å². The Morgan fingerprint density at radius 3 is 2.71 bits per heavy atom. The van der Waals surface area contributed by atoms with Crippen molar-refractivity contribution in [3.8, 4) is 0 Å². The second kappa shape index (κ2) is 4.52. The van der Waals surface area contributed by atoms with Gasteiger partial charge in [0.1, 0.15) is 6.33 Å². The minimum absolute atomic E-state index is 0.809. The Labute approximate surface area is 94.4 Å². The number of nitrogens with one attached hydrogen (secondary N) is 1. The van der Waals surface area contributed by atoms with Crippen LogP contribution in [0.5, 0.6) is 0 Å². The zero-order valence-electron chi connectivity index (χ0n) is 7.27. The lowest BCUT2D eigenvalue weighted by Crippen LogP contribution is -1.97. The third-order valence-electron chi connectivity index (χ3n) is 1.66. The van der Waals surface area contributed by atoms with E-state index in [1.54, 1.807) is 23.7 Å². The van der Waals surface area contributed by atoms with Gasteiger partial charge in [0.25, 0.3) is 0 Å². The van der Waals surface area contributed by atoms with Gasteiger partial charge in [0.2, 0.25) is 0 Å². The maximum Gasteiger partial charge on any atom is 0.115 e. The lowest BCUT2D eigenvalue weighted by Gasteiger charge is -2.01. The van der Waals surface area contributed by atoms with Crippen molar-refractivity contribution in [2.75, 3.05) is 5.32 Å². The van der Waals surface area contributed by atoms with Crippen LogP contribution in [0, 0.1) is 0 Å². The van der Waals surface area contributed by atoms with Crippen LogP contribution in [-0.4, -0.2) is 9.97 Å². The number of thiophene rings is 1. The number of rotatable bonds is 3. The van der Waals surface area contributed by atoms with E-state index in [2.05, 4.69) is 37.3 Å². The van der Waals surface area contributed by atoms with Crippen molar-refractivity contribution in [1.82, 2.24) is 9.97 Å². The van der Waals surface area contributed by atoms with E-state index < -0.39 is 0 Å². The molecule has 0 aliphatic carbocycles. The van der Waals surface area contributed by atoms with Gasteiger partial charge in [-0.05, 0) is 28.1 Å². The fourth-order valence-electron chi connectivity index (χ4n) is 1.03. The Morgan fingerprint density at radius 2 is 2.07 bits per heavy atom. The Hall–Kier alpha value is -0.940. The van der Waals surface area contributed by atoms with Crippen molar-refractivity contribution in [3.05, 3.63) is 39.5 Å². The standard InChI is InChI=1S/C9H8BrN3S/c10-9-2-1-8(14-9)5-13-7-3-11-6-12-4-7/h1-4,6,13H,5H2. The number of hydrogen-bond acceptors (Lipinski definition) is 4. The molecule has 3 nitrogen and oxygen atoms in total. The van der Waals surface area contributed by atoms with Crippen LogP contribution in [0.4, 0.5) is 5.69 Å². The largest absolute Gasteiger partial charge is 0.378 e. The topological polar surface area (TPSA) is 37.8 Å². The van der Waals surface area contributed by atoms with Crippen molar-refractivity contribution in [2.24, 2.45) is 0 Å². The summed E-state index contributed by atoms with van der Waals surface area (Å²) in [6.07, 6.45) is 5.04. The van der Waals surface area contributed by atoms with Gasteiger partial charge in [0.15, 0.2) is 0 Å². The first-order valence-corrected chi connectivity index (χ1v) is 5.68. The molecule has 72 valence electrons. The van der Waals surface area contributed by atoms with Crippen LogP contribution >= 0.6 is 27.3 Å². The summed E-state index contributed by atoms with van der Waals surface area (Å²) < 4.78 is 1.15. The number of hydrogen-bond donors (Lipinski definition) is 1. The highest BCUT2D eigenvalue weighted by Gasteiger charge is 1.97. The monoisotopic (exact) mass is 269 g/mol. The quantitative estimate of drug-likeness (QED) is 0.931. The first-order chi connectivity index (χ1) is 6.84. The Balaban J connectivity index is 1.95. The summed E-state index contributed by atoms with van der Waals surface area (Å²) in [5, 5.41) is 3.24. The van der Waals surface area contributed by atoms with Crippen LogP contribution < -0.4 is 5.32 Å². The number of halogens is 1. The minimum Gasteiger partial charge on any atom is -0.378 e. The van der Waals surface area contributed by atoms with Gasteiger partial charge < -0.3 is 5.32 Å². The number of anilines is 1. The van der Waals surface area contributed by atoms with Crippen LogP contribution in [-0.2, 0) is 6.54 Å². The lowest BCUT2D eigenvalue weighted by molar-refractivity contribution is 1.12. The van der Waals surface area contributed by atoms with E-state index in [1.165, 1.54) is 11.2 Å². The summed E-state index contributed by atoms with van der Waals surface area (Å²) in [4.78, 5) is 9.12. The van der Waals surface area contributed by atoms with E-state index in [-0.39, 0.29) is 0 Å². The smallest absolute Gasteiger partial charge is 0.115 e. The molecular weight excluding hydrogens is 262 g/mol. The predicted molar refractivity (Wildman–Crippen MR) is 61.4 cm³/mol. The Morgan fingerprint density at radius 1 is 1.29 bits per heavy atom. The first-order valence-electron chi connectivity index (χ1n) is 4.08. The fourth-order valence-corrected chi connectivity index (χ4v) is 2.45. The maximum atomic E-state index is 3.92. The molecule has 1 N–H and O–H groups in total. The lowest BCUT2D eigenvalue weighted by atomic mass is 10.4. The van der Waals surface area contributed by atoms with E-state index in [0.717, 1.165) is 16.0 Å². The highest BCUT2D eigenvalue weighted by atomic mass is 79.9. The molecule has 0 aliphatic heterocycles. The molecular formula is C9H8BrN3S. The summed E-state index contributed by atoms with van der Waals surface area (Å²) >= 11 is 5.14. The van der Waals surface area contributed by atoms with Crippen molar-refractivity contribution in [3.63, 3.8) is 0 Å². The predicted octanol–water partition coefficient (Wildman–Crippen LogP) is 2.91. The average molecular weight is 270 g/mol. The summed E-state index contributed by atoms with van der Waals surface area (Å²) in [6.45, 7) is 0.809. The van der Waals surface area contributed by atoms with Crippen LogP contribution in [0.3, 0.4) is 0 Å². The summed E-state index contributed by atoms with van der Waals surface area (Å²) in [6, 6.07) is 4.13. The van der Waals surface area contributed by atoms with E-state index in [4.69, 9.17) is 0 Å². The maximum absolute atomic E-state index is 3.92. The number of nitrogens with zero attached hydrogens (tertiary/aromatic N) is 2. The van der Waals surface area contributed by atoms with Crippen LogP contribution in [0.15, 0.2) is 34.6 Å². The molecule has 0 aliphatic rings. The Bertz CT molecular complexity index is 401. The molecule has 0 aromatic carbocycles. The van der Waals surface area contributed by atoms with Crippen LogP contribution in [0.25, 0.3) is 0 Å². The van der Waals surface area contributed by atoms with Gasteiger partial charge >= 0.3 is 0 Å². The second-order valence-corrected chi connectivity index (χ2v) is 5.23. The zero-order valence-corrected chi connectivity index (χ0v) is 9.68. The van der Waals surface area contributed by atoms with Crippen molar-refractivity contribution >= 4 is 33.0 Å². The molecule has 0 saturated heterocycles. The summed E-state index contributed by atoms with van der Waals surface area (Å²) in [7, 11) is 0. The molecule has 2 heterocycles. The summed E-state index contributed by atoms with van der Waals surface area (Å²) in [5.41, 5.74) is 0.942. The molecule has 0 amide bonds. The first kappa shape index (κ1) is 9.61.